The number of ether oxygens (including phenoxy) is 1. The van der Waals surface area contributed by atoms with Gasteiger partial charge in [-0.1, -0.05) is 5.92 Å². The van der Waals surface area contributed by atoms with Gasteiger partial charge in [-0.05, 0) is 42.0 Å². The second-order valence-electron chi connectivity index (χ2n) is 4.62. The number of fused-ring (bicyclic) bond motifs is 1. The molecule has 0 aliphatic carbocycles. The van der Waals surface area contributed by atoms with Crippen LogP contribution in [0.1, 0.15) is 18.2 Å². The number of imidazole rings is 1. The Hall–Kier alpha value is -2.88. The van der Waals surface area contributed by atoms with E-state index in [0.29, 0.717) is 12.1 Å². The zero-order valence-electron chi connectivity index (χ0n) is 11.0. The third-order valence-electron chi connectivity index (χ3n) is 2.99. The van der Waals surface area contributed by atoms with Gasteiger partial charge >= 0.3 is 11.8 Å². The average Bonchev–Trinajstić information content (AvgIpc) is 2.93. The number of hydrogen-bond acceptors (Lipinski definition) is 4. The first-order valence-electron chi connectivity index (χ1n) is 6.24. The van der Waals surface area contributed by atoms with Crippen molar-refractivity contribution in [2.75, 3.05) is 0 Å². The maximum atomic E-state index is 12.8. The second-order valence-corrected chi connectivity index (χ2v) is 4.62. The number of halogens is 1. The van der Waals surface area contributed by atoms with Gasteiger partial charge in [-0.25, -0.2) is 4.39 Å². The van der Waals surface area contributed by atoms with Crippen molar-refractivity contribution in [1.29, 1.82) is 0 Å². The first-order chi connectivity index (χ1) is 10.0. The van der Waals surface area contributed by atoms with E-state index in [0.717, 1.165) is 0 Å². The van der Waals surface area contributed by atoms with E-state index in [2.05, 4.69) is 16.8 Å². The van der Waals surface area contributed by atoms with E-state index in [1.807, 2.05) is 6.92 Å². The minimum atomic E-state index is -0.521. The summed E-state index contributed by atoms with van der Waals surface area (Å²) >= 11 is 0. The Morgan fingerprint density at radius 2 is 2.14 bits per heavy atom. The van der Waals surface area contributed by atoms with E-state index in [1.54, 1.807) is 0 Å². The predicted octanol–water partition coefficient (Wildman–Crippen LogP) is 2.11. The highest BCUT2D eigenvalue weighted by atomic mass is 19.1. The molecule has 0 saturated heterocycles. The zero-order valence-corrected chi connectivity index (χ0v) is 11.0. The molecule has 1 unspecified atom stereocenters. The summed E-state index contributed by atoms with van der Waals surface area (Å²) in [4.78, 5) is 14.7. The molecule has 3 rings (SSSR count). The molecule has 2 heterocycles. The molecular formula is C14H10FN3O3. The lowest BCUT2D eigenvalue weighted by molar-refractivity contribution is -0.392. The number of benzene rings is 1. The van der Waals surface area contributed by atoms with Gasteiger partial charge in [-0.15, -0.1) is 0 Å². The van der Waals surface area contributed by atoms with E-state index in [4.69, 9.17) is 4.74 Å². The van der Waals surface area contributed by atoms with Gasteiger partial charge in [0.25, 0.3) is 0 Å². The van der Waals surface area contributed by atoms with E-state index < -0.39 is 4.92 Å². The van der Waals surface area contributed by atoms with E-state index in [1.165, 1.54) is 28.8 Å². The highest BCUT2D eigenvalue weighted by Gasteiger charge is 2.35. The van der Waals surface area contributed by atoms with E-state index >= 15 is 0 Å². The summed E-state index contributed by atoms with van der Waals surface area (Å²) in [6.07, 6.45) is -0.148. The summed E-state index contributed by atoms with van der Waals surface area (Å²) < 4.78 is 19.6. The Morgan fingerprint density at radius 3 is 2.81 bits per heavy atom. The molecule has 6 nitrogen and oxygen atoms in total. The van der Waals surface area contributed by atoms with Crippen molar-refractivity contribution >= 4 is 5.82 Å². The Bertz CT molecular complexity index is 771. The lowest BCUT2D eigenvalue weighted by Gasteiger charge is -1.97. The van der Waals surface area contributed by atoms with Crippen LogP contribution in [0.4, 0.5) is 10.2 Å². The number of hydrogen-bond donors (Lipinski definition) is 0. The molecule has 106 valence electrons. The third-order valence-corrected chi connectivity index (χ3v) is 2.99. The minimum absolute atomic E-state index is 0.0474. The SMILES string of the molecule is CC1Cn2c(nc(C#Cc3ccc(F)cc3)c2[N+](=O)[O-])O1. The second kappa shape index (κ2) is 4.90. The fraction of sp³-hybridized carbons (Fsp3) is 0.214. The fourth-order valence-electron chi connectivity index (χ4n) is 2.09. The Kier molecular flexibility index (Phi) is 3.06. The highest BCUT2D eigenvalue weighted by Crippen LogP contribution is 2.30. The highest BCUT2D eigenvalue weighted by molar-refractivity contribution is 5.49. The molecule has 0 saturated carbocycles. The van der Waals surface area contributed by atoms with Gasteiger partial charge in [0.15, 0.2) is 0 Å². The lowest BCUT2D eigenvalue weighted by Crippen LogP contribution is -2.10. The van der Waals surface area contributed by atoms with E-state index in [9.17, 15) is 14.5 Å². The molecule has 2 aromatic rings. The van der Waals surface area contributed by atoms with Crippen molar-refractivity contribution in [3.63, 3.8) is 0 Å². The van der Waals surface area contributed by atoms with Crippen molar-refractivity contribution in [3.05, 3.63) is 51.5 Å². The maximum Gasteiger partial charge on any atom is 0.392 e. The van der Waals surface area contributed by atoms with Crippen molar-refractivity contribution in [3.8, 4) is 17.9 Å². The molecule has 0 bridgehead atoms. The molecule has 0 fully saturated rings. The summed E-state index contributed by atoms with van der Waals surface area (Å²) in [5, 5.41) is 11.2. The molecule has 1 aromatic heterocycles. The number of nitro groups is 1. The van der Waals surface area contributed by atoms with Crippen LogP contribution in [0.15, 0.2) is 24.3 Å². The number of rotatable bonds is 1. The summed E-state index contributed by atoms with van der Waals surface area (Å²) in [5.74, 6) is 4.84. The molecule has 21 heavy (non-hydrogen) atoms. The van der Waals surface area contributed by atoms with Crippen LogP contribution in [0.25, 0.3) is 0 Å². The number of aromatic nitrogens is 2. The molecule has 1 aliphatic heterocycles. The van der Waals surface area contributed by atoms with Crippen LogP contribution in [0.2, 0.25) is 0 Å². The van der Waals surface area contributed by atoms with Gasteiger partial charge in [0.2, 0.25) is 5.69 Å². The summed E-state index contributed by atoms with van der Waals surface area (Å²) in [6.45, 7) is 2.18. The average molecular weight is 287 g/mol. The Balaban J connectivity index is 1.99. The molecule has 0 radical (unpaired) electrons. The monoisotopic (exact) mass is 287 g/mol. The molecule has 0 spiro atoms. The first-order valence-corrected chi connectivity index (χ1v) is 6.24. The summed E-state index contributed by atoms with van der Waals surface area (Å²) in [7, 11) is 0. The number of nitrogens with zero attached hydrogens (tertiary/aromatic N) is 3. The van der Waals surface area contributed by atoms with Gasteiger partial charge < -0.3 is 14.9 Å². The van der Waals surface area contributed by atoms with Crippen molar-refractivity contribution in [1.82, 2.24) is 9.55 Å². The van der Waals surface area contributed by atoms with Gasteiger partial charge in [-0.2, -0.15) is 9.55 Å². The zero-order chi connectivity index (χ0) is 15.0. The van der Waals surface area contributed by atoms with Crippen LogP contribution in [0, 0.1) is 27.8 Å². The van der Waals surface area contributed by atoms with E-state index in [-0.39, 0.29) is 29.4 Å². The van der Waals surface area contributed by atoms with Gasteiger partial charge in [0.05, 0.1) is 0 Å². The summed E-state index contributed by atoms with van der Waals surface area (Å²) in [5.41, 5.74) is 0.597. The van der Waals surface area contributed by atoms with Gasteiger partial charge in [0.1, 0.15) is 18.5 Å². The summed E-state index contributed by atoms with van der Waals surface area (Å²) in [6, 6.07) is 5.75. The van der Waals surface area contributed by atoms with Crippen LogP contribution in [-0.4, -0.2) is 20.6 Å². The van der Waals surface area contributed by atoms with Gasteiger partial charge in [0, 0.05) is 5.56 Å². The van der Waals surface area contributed by atoms with Crippen molar-refractivity contribution in [2.24, 2.45) is 0 Å². The first kappa shape index (κ1) is 13.1. The normalized spacial score (nSPS) is 15.8. The molecule has 1 aliphatic rings. The van der Waals surface area contributed by atoms with Gasteiger partial charge in [-0.3, -0.25) is 0 Å². The molecule has 0 amide bonds. The van der Waals surface area contributed by atoms with Crippen LogP contribution >= 0.6 is 0 Å². The quantitative estimate of drug-likeness (QED) is 0.457. The predicted molar refractivity (Wildman–Crippen MR) is 71.4 cm³/mol. The minimum Gasteiger partial charge on any atom is -0.440 e. The van der Waals surface area contributed by atoms with Crippen LogP contribution in [-0.2, 0) is 6.54 Å². The Labute approximate surface area is 119 Å². The Morgan fingerprint density at radius 1 is 1.43 bits per heavy atom. The van der Waals surface area contributed by atoms with Crippen LogP contribution in [0.5, 0.6) is 6.01 Å². The van der Waals surface area contributed by atoms with Crippen LogP contribution < -0.4 is 4.74 Å². The third kappa shape index (κ3) is 2.43. The lowest BCUT2D eigenvalue weighted by atomic mass is 10.2. The standard InChI is InChI=1S/C14H10FN3O3/c1-9-8-17-13(18(19)20)12(16-14(17)21-9)7-4-10-2-5-11(15)6-3-10/h2-3,5-6,9H,8H2,1H3. The molecular weight excluding hydrogens is 277 g/mol. The smallest absolute Gasteiger partial charge is 0.392 e. The molecule has 1 atom stereocenters. The van der Waals surface area contributed by atoms with Crippen LogP contribution in [0.3, 0.4) is 0 Å². The molecule has 1 aromatic carbocycles. The fourth-order valence-corrected chi connectivity index (χ4v) is 2.09. The molecule has 0 N–H and O–H groups in total. The van der Waals surface area contributed by atoms with Crippen molar-refractivity contribution in [2.45, 2.75) is 19.6 Å². The topological polar surface area (TPSA) is 70.2 Å². The van der Waals surface area contributed by atoms with Crippen molar-refractivity contribution < 1.29 is 14.1 Å². The maximum absolute atomic E-state index is 12.8. The largest absolute Gasteiger partial charge is 0.440 e. The molecule has 7 heteroatoms.